The number of hydrogen-bond acceptors (Lipinski definition) is 3. The largest absolute Gasteiger partial charge is 0.368 e. The number of aliphatic hydroxyl groups excluding tert-OH is 1. The van der Waals surface area contributed by atoms with Crippen molar-refractivity contribution in [2.45, 2.75) is 37.9 Å². The van der Waals surface area contributed by atoms with Crippen LogP contribution >= 0.6 is 0 Å². The molecule has 0 radical (unpaired) electrons. The van der Waals surface area contributed by atoms with Crippen LogP contribution in [0, 0.1) is 0 Å². The second-order valence-corrected chi connectivity index (χ2v) is 2.67. The first kappa shape index (κ1) is 5.65. The zero-order valence-corrected chi connectivity index (χ0v) is 5.28. The van der Waals surface area contributed by atoms with E-state index in [0.717, 1.165) is 0 Å². The third-order valence-electron chi connectivity index (χ3n) is 1.89. The first-order valence-electron chi connectivity index (χ1n) is 3.26. The molecule has 4 atom stereocenters. The van der Waals surface area contributed by atoms with Crippen LogP contribution in [-0.4, -0.2) is 29.7 Å². The summed E-state index contributed by atoms with van der Waals surface area (Å²) in [6.07, 6.45) is 0.689. The Kier molecular flexibility index (Phi) is 1.06. The van der Waals surface area contributed by atoms with Crippen LogP contribution in [0.4, 0.5) is 0 Å². The first-order valence-corrected chi connectivity index (χ1v) is 3.26. The average molecular weight is 130 g/mol. The summed E-state index contributed by atoms with van der Waals surface area (Å²) in [5.41, 5.74) is 0. The van der Waals surface area contributed by atoms with Crippen molar-refractivity contribution in [3.05, 3.63) is 0 Å². The molecular formula is C6H10O3. The predicted molar refractivity (Wildman–Crippen MR) is 29.8 cm³/mol. The Labute approximate surface area is 53.6 Å². The molecule has 3 heteroatoms. The number of fused-ring (bicyclic) bond motifs is 1. The van der Waals surface area contributed by atoms with Crippen LogP contribution in [0.2, 0.25) is 0 Å². The quantitative estimate of drug-likeness (QED) is 0.465. The maximum atomic E-state index is 8.97. The maximum absolute atomic E-state index is 8.97. The highest BCUT2D eigenvalue weighted by Gasteiger charge is 2.49. The monoisotopic (exact) mass is 130 g/mol. The van der Waals surface area contributed by atoms with Gasteiger partial charge in [-0.1, -0.05) is 0 Å². The van der Waals surface area contributed by atoms with Gasteiger partial charge in [0.25, 0.3) is 0 Å². The number of rotatable bonds is 0. The van der Waals surface area contributed by atoms with Crippen LogP contribution in [0.15, 0.2) is 0 Å². The maximum Gasteiger partial charge on any atom is 0.157 e. The van der Waals surface area contributed by atoms with Crippen LogP contribution in [0.3, 0.4) is 0 Å². The molecule has 0 aromatic rings. The Morgan fingerprint density at radius 1 is 1.44 bits per heavy atom. The van der Waals surface area contributed by atoms with Gasteiger partial charge in [-0.15, -0.1) is 0 Å². The van der Waals surface area contributed by atoms with E-state index in [4.69, 9.17) is 14.6 Å². The predicted octanol–water partition coefficient (Wildman–Crippen LogP) is -0.119. The van der Waals surface area contributed by atoms with Crippen molar-refractivity contribution in [3.8, 4) is 0 Å². The van der Waals surface area contributed by atoms with Crippen molar-refractivity contribution in [1.82, 2.24) is 0 Å². The highest BCUT2D eigenvalue weighted by atomic mass is 16.7. The summed E-state index contributed by atoms with van der Waals surface area (Å²) < 4.78 is 10.2. The molecule has 0 aliphatic carbocycles. The zero-order valence-electron chi connectivity index (χ0n) is 5.28. The summed E-state index contributed by atoms with van der Waals surface area (Å²) in [7, 11) is 0. The lowest BCUT2D eigenvalue weighted by Crippen LogP contribution is -2.31. The molecule has 2 aliphatic rings. The van der Waals surface area contributed by atoms with E-state index in [1.165, 1.54) is 0 Å². The van der Waals surface area contributed by atoms with E-state index in [1.54, 1.807) is 0 Å². The fourth-order valence-corrected chi connectivity index (χ4v) is 1.34. The van der Waals surface area contributed by atoms with Crippen molar-refractivity contribution < 1.29 is 14.6 Å². The SMILES string of the molecule is CC1OC(O)CC2OC12. The number of epoxide rings is 1. The second kappa shape index (κ2) is 1.68. The fourth-order valence-electron chi connectivity index (χ4n) is 1.34. The van der Waals surface area contributed by atoms with E-state index < -0.39 is 6.29 Å². The summed E-state index contributed by atoms with van der Waals surface area (Å²) >= 11 is 0. The highest BCUT2D eigenvalue weighted by Crippen LogP contribution is 2.35. The van der Waals surface area contributed by atoms with Gasteiger partial charge in [0.15, 0.2) is 6.29 Å². The molecule has 52 valence electrons. The Morgan fingerprint density at radius 3 is 2.89 bits per heavy atom. The number of ether oxygens (including phenoxy) is 2. The van der Waals surface area contributed by atoms with Gasteiger partial charge < -0.3 is 14.6 Å². The molecule has 3 nitrogen and oxygen atoms in total. The average Bonchev–Trinajstić information content (AvgIpc) is 2.43. The molecule has 9 heavy (non-hydrogen) atoms. The van der Waals surface area contributed by atoms with Crippen LogP contribution in [0.5, 0.6) is 0 Å². The van der Waals surface area contributed by atoms with Crippen LogP contribution in [0.1, 0.15) is 13.3 Å². The molecule has 2 saturated heterocycles. The van der Waals surface area contributed by atoms with Gasteiger partial charge >= 0.3 is 0 Å². The van der Waals surface area contributed by atoms with Crippen molar-refractivity contribution in [2.75, 3.05) is 0 Å². The van der Waals surface area contributed by atoms with Gasteiger partial charge in [-0.2, -0.15) is 0 Å². The lowest BCUT2D eigenvalue weighted by atomic mass is 10.1. The van der Waals surface area contributed by atoms with Gasteiger partial charge in [0, 0.05) is 6.42 Å². The highest BCUT2D eigenvalue weighted by molar-refractivity contribution is 4.93. The first-order chi connectivity index (χ1) is 4.27. The number of aliphatic hydroxyl groups is 1. The zero-order chi connectivity index (χ0) is 6.43. The minimum absolute atomic E-state index is 0.0822. The molecule has 2 heterocycles. The molecule has 4 unspecified atom stereocenters. The second-order valence-electron chi connectivity index (χ2n) is 2.67. The molecule has 0 bridgehead atoms. The van der Waals surface area contributed by atoms with Gasteiger partial charge in [0.2, 0.25) is 0 Å². The smallest absolute Gasteiger partial charge is 0.157 e. The summed E-state index contributed by atoms with van der Waals surface area (Å²) in [5, 5.41) is 8.97. The lowest BCUT2D eigenvalue weighted by molar-refractivity contribution is -0.146. The van der Waals surface area contributed by atoms with Gasteiger partial charge in [0.05, 0.1) is 12.2 Å². The number of hydrogen-bond donors (Lipinski definition) is 1. The third-order valence-corrected chi connectivity index (χ3v) is 1.89. The van der Waals surface area contributed by atoms with Crippen LogP contribution < -0.4 is 0 Å². The normalized spacial score (nSPS) is 56.7. The minimum Gasteiger partial charge on any atom is -0.368 e. The van der Waals surface area contributed by atoms with Gasteiger partial charge in [0.1, 0.15) is 6.10 Å². The van der Waals surface area contributed by atoms with Crippen molar-refractivity contribution in [3.63, 3.8) is 0 Å². The van der Waals surface area contributed by atoms with Crippen molar-refractivity contribution >= 4 is 0 Å². The summed E-state index contributed by atoms with van der Waals surface area (Å²) in [6.45, 7) is 1.92. The molecule has 0 amide bonds. The molecule has 2 rings (SSSR count). The molecule has 2 aliphatic heterocycles. The molecule has 0 saturated carbocycles. The molecule has 0 aromatic heterocycles. The van der Waals surface area contributed by atoms with Gasteiger partial charge in [-0.25, -0.2) is 0 Å². The summed E-state index contributed by atoms with van der Waals surface area (Å²) in [5.74, 6) is 0. The van der Waals surface area contributed by atoms with Crippen molar-refractivity contribution in [1.29, 1.82) is 0 Å². The van der Waals surface area contributed by atoms with Gasteiger partial charge in [-0.3, -0.25) is 0 Å². The summed E-state index contributed by atoms with van der Waals surface area (Å²) in [6, 6.07) is 0. The van der Waals surface area contributed by atoms with E-state index in [2.05, 4.69) is 0 Å². The van der Waals surface area contributed by atoms with Crippen LogP contribution in [-0.2, 0) is 9.47 Å². The lowest BCUT2D eigenvalue weighted by Gasteiger charge is -2.19. The standard InChI is InChI=1S/C6H10O3/c1-3-6-4(9-6)2-5(7)8-3/h3-7H,2H2,1H3. The molecule has 0 aromatic carbocycles. The van der Waals surface area contributed by atoms with E-state index in [-0.39, 0.29) is 18.3 Å². The van der Waals surface area contributed by atoms with Crippen molar-refractivity contribution in [2.24, 2.45) is 0 Å². The molecule has 2 fully saturated rings. The molecule has 0 spiro atoms. The van der Waals surface area contributed by atoms with E-state index in [1.807, 2.05) is 6.92 Å². The van der Waals surface area contributed by atoms with Crippen LogP contribution in [0.25, 0.3) is 0 Å². The Morgan fingerprint density at radius 2 is 2.22 bits per heavy atom. The minimum atomic E-state index is -0.594. The van der Waals surface area contributed by atoms with E-state index in [0.29, 0.717) is 6.42 Å². The van der Waals surface area contributed by atoms with E-state index >= 15 is 0 Å². The topological polar surface area (TPSA) is 42.0 Å². The Hall–Kier alpha value is -0.120. The molecule has 1 N–H and O–H groups in total. The van der Waals surface area contributed by atoms with E-state index in [9.17, 15) is 0 Å². The summed E-state index contributed by atoms with van der Waals surface area (Å²) in [4.78, 5) is 0. The Balaban J connectivity index is 1.99. The molecular weight excluding hydrogens is 120 g/mol. The van der Waals surface area contributed by atoms with Gasteiger partial charge in [-0.05, 0) is 6.92 Å². The third kappa shape index (κ3) is 0.852. The fraction of sp³-hybridized carbons (Fsp3) is 1.00. The Bertz CT molecular complexity index is 125.